The number of unbranched alkanes of at least 4 members (excludes halogenated alkanes) is 15. The Morgan fingerprint density at radius 2 is 0.607 bits per heavy atom. The number of halogens is 1. The van der Waals surface area contributed by atoms with E-state index in [-0.39, 0.29) is 0 Å². The molecule has 2 heteroatoms. The molecular formula is C26H56IP. The van der Waals surface area contributed by atoms with Gasteiger partial charge in [0.25, 0.3) is 0 Å². The SMILES string of the molecule is CCCCCCCCP(CCCCCCCC)CCCCCCCC.CCI. The van der Waals surface area contributed by atoms with Crippen molar-refractivity contribution in [1.29, 1.82) is 0 Å². The van der Waals surface area contributed by atoms with Gasteiger partial charge in [-0.2, -0.15) is 0 Å². The van der Waals surface area contributed by atoms with Crippen LogP contribution in [0.3, 0.4) is 0 Å². The summed E-state index contributed by atoms with van der Waals surface area (Å²) >= 11 is 2.29. The first kappa shape index (κ1) is 31.3. The lowest BCUT2D eigenvalue weighted by molar-refractivity contribution is 0.617. The van der Waals surface area contributed by atoms with Crippen molar-refractivity contribution in [1.82, 2.24) is 0 Å². The lowest BCUT2D eigenvalue weighted by Gasteiger charge is -2.18. The van der Waals surface area contributed by atoms with Crippen LogP contribution in [0.1, 0.15) is 143 Å². The Morgan fingerprint density at radius 1 is 0.393 bits per heavy atom. The molecule has 0 aromatic rings. The molecule has 0 saturated carbocycles. The van der Waals surface area contributed by atoms with Crippen molar-refractivity contribution in [2.75, 3.05) is 22.9 Å². The molecule has 0 bridgehead atoms. The zero-order chi connectivity index (χ0) is 21.1. The predicted molar refractivity (Wildman–Crippen MR) is 146 cm³/mol. The average Bonchev–Trinajstić information content (AvgIpc) is 2.69. The van der Waals surface area contributed by atoms with E-state index in [1.165, 1.54) is 120 Å². The van der Waals surface area contributed by atoms with E-state index in [0.29, 0.717) is 7.92 Å². The van der Waals surface area contributed by atoms with Crippen molar-refractivity contribution in [2.24, 2.45) is 0 Å². The van der Waals surface area contributed by atoms with Crippen LogP contribution in [-0.2, 0) is 0 Å². The Morgan fingerprint density at radius 3 is 0.857 bits per heavy atom. The largest absolute Gasteiger partial charge is 0.107 e. The summed E-state index contributed by atoms with van der Waals surface area (Å²) in [5, 5.41) is 0. The van der Waals surface area contributed by atoms with Crippen molar-refractivity contribution < 1.29 is 0 Å². The highest BCUT2D eigenvalue weighted by Crippen LogP contribution is 2.39. The molecule has 0 rings (SSSR count). The van der Waals surface area contributed by atoms with Crippen molar-refractivity contribution in [3.63, 3.8) is 0 Å². The third-order valence-corrected chi connectivity index (χ3v) is 8.33. The minimum absolute atomic E-state index is 0.366. The summed E-state index contributed by atoms with van der Waals surface area (Å²) in [4.78, 5) is 0. The fourth-order valence-electron chi connectivity index (χ4n) is 3.68. The molecule has 0 heterocycles. The Bertz CT molecular complexity index is 207. The van der Waals surface area contributed by atoms with E-state index in [1.54, 1.807) is 18.5 Å². The second kappa shape index (κ2) is 30.4. The molecule has 0 aliphatic carbocycles. The molecule has 0 N–H and O–H groups in total. The summed E-state index contributed by atoms with van der Waals surface area (Å²) in [7, 11) is 0.366. The highest BCUT2D eigenvalue weighted by Gasteiger charge is 2.07. The maximum Gasteiger partial charge on any atom is -0.00332 e. The Labute approximate surface area is 196 Å². The van der Waals surface area contributed by atoms with E-state index in [2.05, 4.69) is 50.3 Å². The molecule has 0 saturated heterocycles. The van der Waals surface area contributed by atoms with Gasteiger partial charge >= 0.3 is 0 Å². The summed E-state index contributed by atoms with van der Waals surface area (Å²) < 4.78 is 1.22. The van der Waals surface area contributed by atoms with E-state index in [9.17, 15) is 0 Å². The van der Waals surface area contributed by atoms with E-state index < -0.39 is 0 Å². The highest BCUT2D eigenvalue weighted by molar-refractivity contribution is 14.1. The maximum atomic E-state index is 2.32. The van der Waals surface area contributed by atoms with E-state index in [4.69, 9.17) is 0 Å². The summed E-state index contributed by atoms with van der Waals surface area (Å²) in [6.45, 7) is 9.07. The van der Waals surface area contributed by atoms with Crippen LogP contribution in [0.15, 0.2) is 0 Å². The average molecular weight is 527 g/mol. The zero-order valence-corrected chi connectivity index (χ0v) is 23.4. The van der Waals surface area contributed by atoms with Gasteiger partial charge in [-0.25, -0.2) is 0 Å². The third kappa shape index (κ3) is 29.4. The van der Waals surface area contributed by atoms with Crippen LogP contribution in [0, 0.1) is 0 Å². The second-order valence-corrected chi connectivity index (χ2v) is 12.6. The smallest absolute Gasteiger partial charge is 0.00332 e. The van der Waals surface area contributed by atoms with Crippen LogP contribution in [0.2, 0.25) is 0 Å². The van der Waals surface area contributed by atoms with Crippen LogP contribution in [0.4, 0.5) is 0 Å². The normalized spacial score (nSPS) is 10.9. The standard InChI is InChI=1S/C24H51P.C2H5I/c1-4-7-10-13-16-19-22-25(23-20-17-14-11-8-5-2)24-21-18-15-12-9-6-3;1-2-3/h4-24H2,1-3H3;2H2,1H3. The Kier molecular flexibility index (Phi) is 34.0. The minimum atomic E-state index is 0.366. The van der Waals surface area contributed by atoms with Gasteiger partial charge in [0.05, 0.1) is 0 Å². The molecule has 172 valence electrons. The molecule has 0 nitrogen and oxygen atoms in total. The van der Waals surface area contributed by atoms with Gasteiger partial charge in [-0.15, -0.1) is 7.92 Å². The number of rotatable bonds is 21. The Hall–Kier alpha value is 1.16. The molecule has 28 heavy (non-hydrogen) atoms. The molecule has 0 aromatic heterocycles. The molecule has 0 unspecified atom stereocenters. The van der Waals surface area contributed by atoms with Crippen molar-refractivity contribution in [3.8, 4) is 0 Å². The van der Waals surface area contributed by atoms with Gasteiger partial charge in [-0.05, 0) is 42.2 Å². The van der Waals surface area contributed by atoms with Crippen LogP contribution in [-0.4, -0.2) is 22.9 Å². The van der Waals surface area contributed by atoms with E-state index in [0.717, 1.165) is 0 Å². The van der Waals surface area contributed by atoms with Gasteiger partial charge in [-0.3, -0.25) is 0 Å². The van der Waals surface area contributed by atoms with Gasteiger partial charge in [0.1, 0.15) is 0 Å². The number of hydrogen-bond donors (Lipinski definition) is 0. The first-order chi connectivity index (χ1) is 13.8. The van der Waals surface area contributed by atoms with Gasteiger partial charge in [0.2, 0.25) is 0 Å². The summed E-state index contributed by atoms with van der Waals surface area (Å²) in [5.41, 5.74) is 0. The highest BCUT2D eigenvalue weighted by atomic mass is 127. The molecule has 0 atom stereocenters. The van der Waals surface area contributed by atoms with Crippen LogP contribution in [0.5, 0.6) is 0 Å². The maximum absolute atomic E-state index is 2.32. The molecule has 0 aliphatic rings. The van der Waals surface area contributed by atoms with E-state index >= 15 is 0 Å². The molecule has 0 spiro atoms. The zero-order valence-electron chi connectivity index (χ0n) is 20.4. The number of alkyl halides is 1. The summed E-state index contributed by atoms with van der Waals surface area (Å²) in [6.07, 6.45) is 31.2. The lowest BCUT2D eigenvalue weighted by atomic mass is 10.1. The minimum Gasteiger partial charge on any atom is -0.107 e. The van der Waals surface area contributed by atoms with Crippen LogP contribution in [0.25, 0.3) is 0 Å². The third-order valence-electron chi connectivity index (χ3n) is 5.48. The first-order valence-corrected chi connectivity index (χ1v) is 16.5. The molecule has 0 aromatic carbocycles. The topological polar surface area (TPSA) is 0 Å². The van der Waals surface area contributed by atoms with Crippen LogP contribution >= 0.6 is 30.5 Å². The number of hydrogen-bond acceptors (Lipinski definition) is 0. The molecular weight excluding hydrogens is 470 g/mol. The molecule has 0 radical (unpaired) electrons. The lowest BCUT2D eigenvalue weighted by Crippen LogP contribution is -1.97. The monoisotopic (exact) mass is 526 g/mol. The van der Waals surface area contributed by atoms with Crippen LogP contribution < -0.4 is 0 Å². The fraction of sp³-hybridized carbons (Fsp3) is 1.00. The summed E-state index contributed by atoms with van der Waals surface area (Å²) in [5.74, 6) is 0. The first-order valence-electron chi connectivity index (χ1n) is 13.0. The van der Waals surface area contributed by atoms with Gasteiger partial charge in [-0.1, -0.05) is 147 Å². The van der Waals surface area contributed by atoms with Gasteiger partial charge in [0.15, 0.2) is 0 Å². The molecule has 0 amide bonds. The predicted octanol–water partition coefficient (Wildman–Crippen LogP) is 11.0. The fourth-order valence-corrected chi connectivity index (χ4v) is 6.37. The second-order valence-electron chi connectivity index (χ2n) is 8.41. The summed E-state index contributed by atoms with van der Waals surface area (Å²) in [6, 6.07) is 0. The van der Waals surface area contributed by atoms with Gasteiger partial charge < -0.3 is 0 Å². The molecule has 0 aliphatic heterocycles. The van der Waals surface area contributed by atoms with Crippen molar-refractivity contribution >= 4 is 30.5 Å². The van der Waals surface area contributed by atoms with E-state index in [1.807, 2.05) is 0 Å². The van der Waals surface area contributed by atoms with Crippen molar-refractivity contribution in [3.05, 3.63) is 0 Å². The van der Waals surface area contributed by atoms with Gasteiger partial charge in [0, 0.05) is 0 Å². The quantitative estimate of drug-likeness (QED) is 0.0604. The Balaban J connectivity index is 0. The van der Waals surface area contributed by atoms with Crippen molar-refractivity contribution in [2.45, 2.75) is 143 Å². The molecule has 0 fully saturated rings.